The number of aromatic nitrogens is 1. The van der Waals surface area contributed by atoms with Crippen LogP contribution in [0.1, 0.15) is 25.3 Å². The molecule has 0 saturated carbocycles. The van der Waals surface area contributed by atoms with Crippen LogP contribution in [0.3, 0.4) is 0 Å². The van der Waals surface area contributed by atoms with E-state index in [4.69, 9.17) is 0 Å². The summed E-state index contributed by atoms with van der Waals surface area (Å²) in [6.45, 7) is 4.56. The van der Waals surface area contributed by atoms with E-state index in [-0.39, 0.29) is 17.5 Å². The first-order valence-electron chi connectivity index (χ1n) is 8.38. The quantitative estimate of drug-likeness (QED) is 0.927. The summed E-state index contributed by atoms with van der Waals surface area (Å²) in [4.78, 5) is 17.6. The van der Waals surface area contributed by atoms with Crippen molar-refractivity contribution in [3.05, 3.63) is 47.7 Å². The minimum absolute atomic E-state index is 0.00642. The van der Waals surface area contributed by atoms with Crippen LogP contribution in [0.2, 0.25) is 0 Å². The maximum Gasteiger partial charge on any atom is 0.217 e. The second kappa shape index (κ2) is 7.17. The third-order valence-electron chi connectivity index (χ3n) is 4.59. The molecule has 0 aliphatic carbocycles. The Kier molecular flexibility index (Phi) is 4.97. The molecule has 0 unspecified atom stereocenters. The first kappa shape index (κ1) is 17.3. The van der Waals surface area contributed by atoms with Gasteiger partial charge in [-0.05, 0) is 44.0 Å². The number of nitrogens with zero attached hydrogens (tertiary/aromatic N) is 2. The molecule has 0 atom stereocenters. The minimum Gasteiger partial charge on any atom is -0.371 e. The van der Waals surface area contributed by atoms with Gasteiger partial charge >= 0.3 is 0 Å². The molecule has 132 valence electrons. The highest BCUT2D eigenvalue weighted by Gasteiger charge is 2.20. The van der Waals surface area contributed by atoms with E-state index >= 15 is 0 Å². The number of rotatable bonds is 3. The molecular formula is C19H21F2N3O. The number of benzene rings is 1. The summed E-state index contributed by atoms with van der Waals surface area (Å²) in [5, 5.41) is 2.95. The Balaban J connectivity index is 1.78. The molecule has 6 heteroatoms. The Bertz CT molecular complexity index is 763. The zero-order valence-electron chi connectivity index (χ0n) is 14.4. The molecule has 1 saturated heterocycles. The van der Waals surface area contributed by atoms with Crippen molar-refractivity contribution in [3.63, 3.8) is 0 Å². The van der Waals surface area contributed by atoms with Crippen LogP contribution in [0.5, 0.6) is 0 Å². The molecular weight excluding hydrogens is 324 g/mol. The Morgan fingerprint density at radius 2 is 1.84 bits per heavy atom. The highest BCUT2D eigenvalue weighted by atomic mass is 19.1. The van der Waals surface area contributed by atoms with Crippen molar-refractivity contribution >= 4 is 11.6 Å². The van der Waals surface area contributed by atoms with Gasteiger partial charge in [0.05, 0.1) is 5.69 Å². The van der Waals surface area contributed by atoms with Crippen molar-refractivity contribution in [2.24, 2.45) is 0 Å². The summed E-state index contributed by atoms with van der Waals surface area (Å²) in [6.07, 6.45) is 3.39. The Morgan fingerprint density at radius 3 is 2.44 bits per heavy atom. The van der Waals surface area contributed by atoms with Crippen molar-refractivity contribution < 1.29 is 13.6 Å². The molecule has 1 aliphatic rings. The monoisotopic (exact) mass is 345 g/mol. The van der Waals surface area contributed by atoms with Crippen molar-refractivity contribution in [1.82, 2.24) is 10.3 Å². The van der Waals surface area contributed by atoms with E-state index in [9.17, 15) is 13.6 Å². The molecule has 1 aliphatic heterocycles. The summed E-state index contributed by atoms with van der Waals surface area (Å²) in [7, 11) is 0. The number of amides is 1. The van der Waals surface area contributed by atoms with Gasteiger partial charge in [0, 0.05) is 49.1 Å². The number of halogens is 2. The molecule has 4 nitrogen and oxygen atoms in total. The van der Waals surface area contributed by atoms with E-state index in [0.717, 1.165) is 31.6 Å². The Morgan fingerprint density at radius 1 is 1.20 bits per heavy atom. The first-order valence-corrected chi connectivity index (χ1v) is 8.38. The topological polar surface area (TPSA) is 45.2 Å². The van der Waals surface area contributed by atoms with Crippen LogP contribution < -0.4 is 10.2 Å². The number of pyridine rings is 1. The summed E-state index contributed by atoms with van der Waals surface area (Å²) in [5.74, 6) is -1.15. The average molecular weight is 345 g/mol. The lowest BCUT2D eigenvalue weighted by molar-refractivity contribution is -0.119. The Hall–Kier alpha value is -2.50. The molecule has 1 aromatic carbocycles. The highest BCUT2D eigenvalue weighted by Crippen LogP contribution is 2.27. The number of anilines is 1. The summed E-state index contributed by atoms with van der Waals surface area (Å²) >= 11 is 0. The van der Waals surface area contributed by atoms with Crippen LogP contribution in [0.15, 0.2) is 30.5 Å². The molecule has 0 spiro atoms. The molecule has 2 aromatic rings. The van der Waals surface area contributed by atoms with Gasteiger partial charge in [-0.3, -0.25) is 9.78 Å². The smallest absolute Gasteiger partial charge is 0.217 e. The van der Waals surface area contributed by atoms with Gasteiger partial charge in [0.25, 0.3) is 0 Å². The lowest BCUT2D eigenvalue weighted by atomic mass is 10.0. The normalized spacial score (nSPS) is 15.3. The number of nitrogens with one attached hydrogen (secondary N) is 1. The van der Waals surface area contributed by atoms with Gasteiger partial charge in [-0.25, -0.2) is 8.78 Å². The van der Waals surface area contributed by atoms with Crippen LogP contribution in [-0.4, -0.2) is 30.0 Å². The van der Waals surface area contributed by atoms with Crippen LogP contribution in [0, 0.1) is 18.6 Å². The van der Waals surface area contributed by atoms with Crippen LogP contribution in [0.25, 0.3) is 11.3 Å². The van der Waals surface area contributed by atoms with Gasteiger partial charge in [0.1, 0.15) is 11.6 Å². The van der Waals surface area contributed by atoms with Crippen LogP contribution in [0.4, 0.5) is 14.5 Å². The fraction of sp³-hybridized carbons (Fsp3) is 0.368. The van der Waals surface area contributed by atoms with Gasteiger partial charge in [-0.2, -0.15) is 0 Å². The molecule has 1 amide bonds. The molecule has 0 radical (unpaired) electrons. The molecule has 2 heterocycles. The highest BCUT2D eigenvalue weighted by molar-refractivity contribution is 5.73. The summed E-state index contributed by atoms with van der Waals surface area (Å²) in [6, 6.07) is 6.57. The molecule has 0 bridgehead atoms. The van der Waals surface area contributed by atoms with Gasteiger partial charge in [0.15, 0.2) is 0 Å². The van der Waals surface area contributed by atoms with E-state index < -0.39 is 11.6 Å². The first-order chi connectivity index (χ1) is 11.9. The Labute approximate surface area is 145 Å². The van der Waals surface area contributed by atoms with E-state index in [0.29, 0.717) is 11.3 Å². The lowest BCUT2D eigenvalue weighted by Gasteiger charge is -2.33. The average Bonchev–Trinajstić information content (AvgIpc) is 2.59. The van der Waals surface area contributed by atoms with Gasteiger partial charge in [0.2, 0.25) is 5.91 Å². The fourth-order valence-electron chi connectivity index (χ4n) is 3.14. The second-order valence-electron chi connectivity index (χ2n) is 6.43. The van der Waals surface area contributed by atoms with E-state index in [2.05, 4.69) is 15.2 Å². The number of hydrogen-bond acceptors (Lipinski definition) is 3. The third kappa shape index (κ3) is 3.95. The molecule has 1 fully saturated rings. The lowest BCUT2D eigenvalue weighted by Crippen LogP contribution is -2.44. The minimum atomic E-state index is -0.571. The predicted octanol–water partition coefficient (Wildman–Crippen LogP) is 3.44. The summed E-state index contributed by atoms with van der Waals surface area (Å²) in [5.41, 5.74) is 1.95. The second-order valence-corrected chi connectivity index (χ2v) is 6.43. The standard InChI is InChI=1S/C19H21F2N3O/c1-12-17(20)9-14(10-18(12)21)19-11-16(3-6-22-19)24-7-4-15(5-8-24)23-13(2)25/h3,6,9-11,15H,4-5,7-8H2,1-2H3,(H,23,25). The number of hydrogen-bond donors (Lipinski definition) is 1. The molecule has 25 heavy (non-hydrogen) atoms. The van der Waals surface area contributed by atoms with Crippen LogP contribution in [-0.2, 0) is 4.79 Å². The van der Waals surface area contributed by atoms with Crippen LogP contribution >= 0.6 is 0 Å². The fourth-order valence-corrected chi connectivity index (χ4v) is 3.14. The summed E-state index contributed by atoms with van der Waals surface area (Å²) < 4.78 is 27.6. The molecule has 1 aromatic heterocycles. The van der Waals surface area contributed by atoms with Crippen molar-refractivity contribution in [3.8, 4) is 11.3 Å². The zero-order chi connectivity index (χ0) is 18.0. The van der Waals surface area contributed by atoms with Gasteiger partial charge < -0.3 is 10.2 Å². The van der Waals surface area contributed by atoms with Crippen molar-refractivity contribution in [1.29, 1.82) is 0 Å². The number of piperidine rings is 1. The van der Waals surface area contributed by atoms with Gasteiger partial charge in [-0.15, -0.1) is 0 Å². The maximum atomic E-state index is 13.8. The molecule has 1 N–H and O–H groups in total. The van der Waals surface area contributed by atoms with E-state index in [1.165, 1.54) is 26.0 Å². The number of carbonyl (C=O) groups excluding carboxylic acids is 1. The van der Waals surface area contributed by atoms with E-state index in [1.54, 1.807) is 6.20 Å². The largest absolute Gasteiger partial charge is 0.371 e. The van der Waals surface area contributed by atoms with Crippen molar-refractivity contribution in [2.75, 3.05) is 18.0 Å². The zero-order valence-corrected chi connectivity index (χ0v) is 14.4. The third-order valence-corrected chi connectivity index (χ3v) is 4.59. The number of carbonyl (C=O) groups is 1. The van der Waals surface area contributed by atoms with E-state index in [1.807, 2.05) is 12.1 Å². The van der Waals surface area contributed by atoms with Gasteiger partial charge in [-0.1, -0.05) is 0 Å². The predicted molar refractivity (Wildman–Crippen MR) is 93.4 cm³/mol. The maximum absolute atomic E-state index is 13.8. The van der Waals surface area contributed by atoms with Crippen molar-refractivity contribution in [2.45, 2.75) is 32.7 Å². The SMILES string of the molecule is CC(=O)NC1CCN(c2ccnc(-c3cc(F)c(C)c(F)c3)c2)CC1. The molecule has 3 rings (SSSR count).